The molecule has 0 saturated heterocycles. The summed E-state index contributed by atoms with van der Waals surface area (Å²) < 4.78 is 3.73. The molecule has 0 aliphatic rings. The van der Waals surface area contributed by atoms with Gasteiger partial charge in [-0.25, -0.2) is 4.68 Å². The van der Waals surface area contributed by atoms with Crippen LogP contribution in [0, 0.1) is 0 Å². The Kier molecular flexibility index (Phi) is 5.89. The molecule has 0 unspecified atom stereocenters. The molecule has 0 spiro atoms. The quantitative estimate of drug-likeness (QED) is 0.404. The molecule has 2 aromatic heterocycles. The number of nitrogens with zero attached hydrogens (tertiary/aromatic N) is 5. The predicted octanol–water partition coefficient (Wildman–Crippen LogP) is -1.55. The predicted molar refractivity (Wildman–Crippen MR) is 89.6 cm³/mol. The van der Waals surface area contributed by atoms with Gasteiger partial charge in [0.2, 0.25) is 6.33 Å². The number of hydrogen-bond acceptors (Lipinski definition) is 3. The summed E-state index contributed by atoms with van der Waals surface area (Å²) in [6.07, 6.45) is 3.43. The van der Waals surface area contributed by atoms with Gasteiger partial charge in [0, 0.05) is 23.2 Å². The van der Waals surface area contributed by atoms with Crippen molar-refractivity contribution in [2.75, 3.05) is 0 Å². The first-order chi connectivity index (χ1) is 11.2. The highest BCUT2D eigenvalue weighted by molar-refractivity contribution is 6.30. The first-order valence-corrected chi connectivity index (χ1v) is 7.54. The number of aryl methyl sites for hydroxylation is 1. The largest absolute Gasteiger partial charge is 1.00 e. The lowest BCUT2D eigenvalue weighted by atomic mass is 9.98. The van der Waals surface area contributed by atoms with Gasteiger partial charge in [-0.2, -0.15) is 5.10 Å². The van der Waals surface area contributed by atoms with Gasteiger partial charge in [-0.15, -0.1) is 9.78 Å². The molecule has 9 heteroatoms. The Bertz CT molecular complexity index is 955. The summed E-state index contributed by atoms with van der Waals surface area (Å²) in [5.74, 6) is 0. The first kappa shape index (κ1) is 19.0. The lowest BCUT2D eigenvalue weighted by Crippen LogP contribution is -3.00. The number of aromatic nitrogens is 6. The fourth-order valence-corrected chi connectivity index (χ4v) is 2.88. The minimum atomic E-state index is -0.0333. The van der Waals surface area contributed by atoms with E-state index in [1.807, 2.05) is 42.1 Å². The molecule has 0 bridgehead atoms. The number of benzene rings is 2. The minimum Gasteiger partial charge on any atom is -1.00 e. The van der Waals surface area contributed by atoms with Gasteiger partial charge in [0.15, 0.2) is 6.04 Å². The average molecular weight is 424 g/mol. The summed E-state index contributed by atoms with van der Waals surface area (Å²) in [4.78, 5) is 4.13. The maximum Gasteiger partial charge on any atom is 0.307 e. The van der Waals surface area contributed by atoms with E-state index in [1.54, 1.807) is 17.3 Å². The highest BCUT2D eigenvalue weighted by Gasteiger charge is 2.22. The molecule has 0 amide bonds. The summed E-state index contributed by atoms with van der Waals surface area (Å²) in [6.45, 7) is 0. The number of hydrogen-bond donors (Lipinski definition) is 1. The van der Waals surface area contributed by atoms with Crippen molar-refractivity contribution in [2.45, 2.75) is 6.04 Å². The Morgan fingerprint density at radius 2 is 1.84 bits per heavy atom. The molecule has 0 saturated carbocycles. The molecule has 3 N–H and O–H groups in total. The molecular weight excluding hydrogens is 408 g/mol. The summed E-state index contributed by atoms with van der Waals surface area (Å²) in [5.41, 5.74) is 4.08. The SMILES string of the molecule is Cn1nnc2ccc([C@H](c3ccc(Cl)cc3)[n+]3cnc[nH]3)cc21.O.[Br-]. The van der Waals surface area contributed by atoms with Crippen molar-refractivity contribution in [3.05, 3.63) is 71.3 Å². The summed E-state index contributed by atoms with van der Waals surface area (Å²) in [6, 6.07) is 13.9. The zero-order chi connectivity index (χ0) is 15.8. The van der Waals surface area contributed by atoms with E-state index in [9.17, 15) is 0 Å². The van der Waals surface area contributed by atoms with Crippen molar-refractivity contribution in [3.63, 3.8) is 0 Å². The number of fused-ring (bicyclic) bond motifs is 1. The highest BCUT2D eigenvalue weighted by Crippen LogP contribution is 2.25. The van der Waals surface area contributed by atoms with Gasteiger partial charge in [-0.3, -0.25) is 0 Å². The lowest BCUT2D eigenvalue weighted by molar-refractivity contribution is -0.758. The van der Waals surface area contributed by atoms with Crippen LogP contribution in [0.3, 0.4) is 0 Å². The Hall–Kier alpha value is -2.29. The molecule has 1 atom stereocenters. The Balaban J connectivity index is 0.00000113. The normalized spacial score (nSPS) is 11.6. The smallest absolute Gasteiger partial charge is 0.307 e. The summed E-state index contributed by atoms with van der Waals surface area (Å²) in [7, 11) is 1.89. The van der Waals surface area contributed by atoms with E-state index < -0.39 is 0 Å². The standard InChI is InChI=1S/C16H13ClN6.BrH.H2O/c1-22-15-8-12(4-7-14(15)20-21-22)16(23-10-18-9-19-23)11-2-5-13(17)6-3-11;;/h2-10,16H,1H3;1H;1H2/t16-;;/m0../s1. The third-order valence-corrected chi connectivity index (χ3v) is 4.14. The number of halogens is 2. The molecule has 2 heterocycles. The zero-order valence-corrected chi connectivity index (χ0v) is 15.6. The van der Waals surface area contributed by atoms with Crippen LogP contribution in [0.4, 0.5) is 0 Å². The van der Waals surface area contributed by atoms with E-state index in [0.29, 0.717) is 5.02 Å². The number of aromatic amines is 1. The molecule has 25 heavy (non-hydrogen) atoms. The van der Waals surface area contributed by atoms with Crippen molar-refractivity contribution in [2.24, 2.45) is 7.05 Å². The van der Waals surface area contributed by atoms with E-state index in [-0.39, 0.29) is 28.5 Å². The van der Waals surface area contributed by atoms with Gasteiger partial charge < -0.3 is 22.5 Å². The Morgan fingerprint density at radius 3 is 2.52 bits per heavy atom. The van der Waals surface area contributed by atoms with E-state index in [1.165, 1.54) is 0 Å². The van der Waals surface area contributed by atoms with Crippen LogP contribution in [0.25, 0.3) is 11.0 Å². The van der Waals surface area contributed by atoms with Crippen LogP contribution in [0.5, 0.6) is 0 Å². The summed E-state index contributed by atoms with van der Waals surface area (Å²) in [5, 5.41) is 12.1. The highest BCUT2D eigenvalue weighted by atomic mass is 79.9. The Labute approximate surface area is 159 Å². The fraction of sp³-hybridized carbons (Fsp3) is 0.125. The first-order valence-electron chi connectivity index (χ1n) is 7.17. The number of nitrogens with one attached hydrogen (secondary N) is 1. The molecule has 4 rings (SSSR count). The van der Waals surface area contributed by atoms with Crippen molar-refractivity contribution < 1.29 is 27.1 Å². The van der Waals surface area contributed by atoms with Crippen LogP contribution in [0.2, 0.25) is 5.02 Å². The lowest BCUT2D eigenvalue weighted by Gasteiger charge is -2.14. The second-order valence-corrected chi connectivity index (χ2v) is 5.78. The van der Waals surface area contributed by atoms with E-state index in [4.69, 9.17) is 11.6 Å². The topological polar surface area (TPSA) is 94.8 Å². The maximum absolute atomic E-state index is 6.02. The fourth-order valence-electron chi connectivity index (χ4n) is 2.76. The third-order valence-electron chi connectivity index (χ3n) is 3.89. The second-order valence-electron chi connectivity index (χ2n) is 5.35. The molecule has 0 radical (unpaired) electrons. The van der Waals surface area contributed by atoms with Gasteiger partial charge in [0.1, 0.15) is 5.52 Å². The van der Waals surface area contributed by atoms with Crippen LogP contribution in [-0.4, -0.2) is 30.6 Å². The second kappa shape index (κ2) is 7.73. The molecule has 0 aliphatic heterocycles. The van der Waals surface area contributed by atoms with Gasteiger partial charge in [0.05, 0.1) is 5.52 Å². The number of rotatable bonds is 3. The summed E-state index contributed by atoms with van der Waals surface area (Å²) >= 11 is 6.02. The molecule has 7 nitrogen and oxygen atoms in total. The van der Waals surface area contributed by atoms with Crippen molar-refractivity contribution in [1.82, 2.24) is 25.1 Å². The van der Waals surface area contributed by atoms with Gasteiger partial charge >= 0.3 is 6.33 Å². The van der Waals surface area contributed by atoms with E-state index in [0.717, 1.165) is 22.2 Å². The van der Waals surface area contributed by atoms with Gasteiger partial charge in [0.25, 0.3) is 0 Å². The molecule has 0 fully saturated rings. The van der Waals surface area contributed by atoms with Crippen LogP contribution in [0.1, 0.15) is 17.2 Å². The third kappa shape index (κ3) is 3.55. The maximum atomic E-state index is 6.02. The Morgan fingerprint density at radius 1 is 1.12 bits per heavy atom. The number of H-pyrrole nitrogens is 1. The molecular formula is C16H16BrClN6O. The molecule has 4 aromatic rings. The van der Waals surface area contributed by atoms with Crippen LogP contribution >= 0.6 is 11.6 Å². The van der Waals surface area contributed by atoms with E-state index in [2.05, 4.69) is 32.5 Å². The molecule has 130 valence electrons. The zero-order valence-electron chi connectivity index (χ0n) is 13.3. The molecule has 2 aromatic carbocycles. The van der Waals surface area contributed by atoms with Crippen molar-refractivity contribution in [3.8, 4) is 0 Å². The van der Waals surface area contributed by atoms with Crippen LogP contribution in [0.15, 0.2) is 55.1 Å². The van der Waals surface area contributed by atoms with Gasteiger partial charge in [-0.1, -0.05) is 35.0 Å². The monoisotopic (exact) mass is 422 g/mol. The minimum absolute atomic E-state index is 0. The molecule has 0 aliphatic carbocycles. The van der Waals surface area contributed by atoms with Crippen molar-refractivity contribution >= 4 is 22.6 Å². The van der Waals surface area contributed by atoms with Crippen molar-refractivity contribution in [1.29, 1.82) is 0 Å². The van der Waals surface area contributed by atoms with Crippen LogP contribution < -0.4 is 21.7 Å². The van der Waals surface area contributed by atoms with E-state index >= 15 is 0 Å². The average Bonchev–Trinajstić information content (AvgIpc) is 3.21. The van der Waals surface area contributed by atoms with Crippen LogP contribution in [-0.2, 0) is 7.05 Å². The van der Waals surface area contributed by atoms with Gasteiger partial charge in [-0.05, 0) is 29.2 Å².